The Balaban J connectivity index is 1.90. The van der Waals surface area contributed by atoms with Crippen LogP contribution in [0.1, 0.15) is 18.0 Å². The zero-order chi connectivity index (χ0) is 15.7. The van der Waals surface area contributed by atoms with Crippen molar-refractivity contribution in [3.63, 3.8) is 0 Å². The van der Waals surface area contributed by atoms with Crippen molar-refractivity contribution < 1.29 is 13.2 Å². The van der Waals surface area contributed by atoms with Gasteiger partial charge in [0.25, 0.3) is 0 Å². The van der Waals surface area contributed by atoms with E-state index >= 15 is 0 Å². The summed E-state index contributed by atoms with van der Waals surface area (Å²) in [7, 11) is -2.11. The maximum absolute atomic E-state index is 12.9. The molecule has 1 aliphatic heterocycles. The molecule has 2 aromatic rings. The Bertz CT molecular complexity index is 758. The third-order valence-corrected chi connectivity index (χ3v) is 5.71. The molecule has 1 fully saturated rings. The molecule has 0 spiro atoms. The van der Waals surface area contributed by atoms with Crippen molar-refractivity contribution in [2.75, 3.05) is 20.2 Å². The van der Waals surface area contributed by atoms with Gasteiger partial charge < -0.3 is 4.74 Å². The van der Waals surface area contributed by atoms with Crippen LogP contribution in [0.4, 0.5) is 0 Å². The van der Waals surface area contributed by atoms with E-state index in [2.05, 4.69) is 10.2 Å². The predicted molar refractivity (Wildman–Crippen MR) is 80.2 cm³/mol. The summed E-state index contributed by atoms with van der Waals surface area (Å²) in [6, 6.07) is 5.14. The molecular weight excluding hydrogens is 304 g/mol. The lowest BCUT2D eigenvalue weighted by molar-refractivity contribution is 0.390. The van der Waals surface area contributed by atoms with Gasteiger partial charge in [-0.1, -0.05) is 6.07 Å². The molecule has 0 saturated carbocycles. The minimum atomic E-state index is -3.59. The summed E-state index contributed by atoms with van der Waals surface area (Å²) in [6.07, 6.45) is 3.89. The molecule has 0 radical (unpaired) electrons. The summed E-state index contributed by atoms with van der Waals surface area (Å²) < 4.78 is 32.4. The van der Waals surface area contributed by atoms with Crippen molar-refractivity contribution in [2.45, 2.75) is 24.3 Å². The Labute approximate surface area is 129 Å². The molecule has 8 heteroatoms. The van der Waals surface area contributed by atoms with Crippen LogP contribution in [-0.2, 0) is 10.0 Å². The van der Waals surface area contributed by atoms with Gasteiger partial charge in [0.2, 0.25) is 10.0 Å². The molecule has 1 saturated heterocycles. The van der Waals surface area contributed by atoms with Gasteiger partial charge in [-0.05, 0) is 31.0 Å². The Morgan fingerprint density at radius 3 is 2.68 bits per heavy atom. The number of hydrogen-bond donors (Lipinski definition) is 0. The maximum atomic E-state index is 12.9. The van der Waals surface area contributed by atoms with Crippen molar-refractivity contribution >= 4 is 10.0 Å². The highest BCUT2D eigenvalue weighted by molar-refractivity contribution is 7.89. The van der Waals surface area contributed by atoms with E-state index in [1.54, 1.807) is 29.3 Å². The molecule has 1 aromatic carbocycles. The highest BCUT2D eigenvalue weighted by Gasteiger charge is 2.35. The van der Waals surface area contributed by atoms with Crippen LogP contribution in [-0.4, -0.2) is 47.9 Å². The highest BCUT2D eigenvalue weighted by Crippen LogP contribution is 2.31. The van der Waals surface area contributed by atoms with E-state index in [0.717, 1.165) is 5.56 Å². The summed E-state index contributed by atoms with van der Waals surface area (Å²) in [5, 5.41) is 8.19. The van der Waals surface area contributed by atoms with E-state index in [0.29, 0.717) is 25.3 Å². The first-order chi connectivity index (χ1) is 10.5. The van der Waals surface area contributed by atoms with Crippen molar-refractivity contribution in [3.05, 3.63) is 36.2 Å². The normalized spacial score (nSPS) is 19.5. The molecule has 0 aliphatic carbocycles. The van der Waals surface area contributed by atoms with Crippen molar-refractivity contribution in [1.82, 2.24) is 19.3 Å². The summed E-state index contributed by atoms with van der Waals surface area (Å²) in [5.41, 5.74) is 0.879. The van der Waals surface area contributed by atoms with Crippen LogP contribution in [0.3, 0.4) is 0 Å². The second-order valence-corrected chi connectivity index (χ2v) is 7.22. The smallest absolute Gasteiger partial charge is 0.246 e. The molecule has 2 heterocycles. The first-order valence-corrected chi connectivity index (χ1v) is 8.47. The quantitative estimate of drug-likeness (QED) is 0.846. The molecule has 0 amide bonds. The van der Waals surface area contributed by atoms with Crippen molar-refractivity contribution in [1.29, 1.82) is 0 Å². The summed E-state index contributed by atoms with van der Waals surface area (Å²) in [6.45, 7) is 2.68. The van der Waals surface area contributed by atoms with E-state index in [4.69, 9.17) is 4.74 Å². The van der Waals surface area contributed by atoms with E-state index in [1.807, 2.05) is 13.0 Å². The van der Waals surface area contributed by atoms with Gasteiger partial charge in [-0.2, -0.15) is 19.3 Å². The lowest BCUT2D eigenvalue weighted by Crippen LogP contribution is -2.30. The van der Waals surface area contributed by atoms with Crippen LogP contribution in [0.25, 0.3) is 0 Å². The molecule has 1 unspecified atom stereocenters. The standard InChI is InChI=1S/C14H18N4O3S/c1-11-3-4-13(21-2)14(9-11)22(19,20)17-8-5-12(10-17)18-15-6-7-16-18/h3-4,6-7,9,12H,5,8,10H2,1-2H3. The third kappa shape index (κ3) is 2.59. The fraction of sp³-hybridized carbons (Fsp3) is 0.429. The van der Waals surface area contributed by atoms with Crippen LogP contribution in [0.2, 0.25) is 0 Å². The second-order valence-electron chi connectivity index (χ2n) is 5.31. The summed E-state index contributed by atoms with van der Waals surface area (Å²) in [5.74, 6) is 0.367. The summed E-state index contributed by atoms with van der Waals surface area (Å²) in [4.78, 5) is 1.78. The topological polar surface area (TPSA) is 77.3 Å². The molecule has 22 heavy (non-hydrogen) atoms. The Morgan fingerprint density at radius 1 is 1.27 bits per heavy atom. The molecule has 1 aliphatic rings. The molecule has 1 aromatic heterocycles. The number of aryl methyl sites for hydroxylation is 1. The zero-order valence-electron chi connectivity index (χ0n) is 12.5. The van der Waals surface area contributed by atoms with Crippen LogP contribution in [0.15, 0.2) is 35.5 Å². The van der Waals surface area contributed by atoms with Gasteiger partial charge >= 0.3 is 0 Å². The van der Waals surface area contributed by atoms with E-state index < -0.39 is 10.0 Å². The molecule has 0 bridgehead atoms. The van der Waals surface area contributed by atoms with Gasteiger partial charge in [-0.25, -0.2) is 8.42 Å². The van der Waals surface area contributed by atoms with Gasteiger partial charge in [0.05, 0.1) is 25.5 Å². The van der Waals surface area contributed by atoms with E-state index in [-0.39, 0.29) is 10.9 Å². The average Bonchev–Trinajstić information content (AvgIpc) is 3.18. The number of sulfonamides is 1. The first kappa shape index (κ1) is 15.0. The number of rotatable bonds is 4. The third-order valence-electron chi connectivity index (χ3n) is 3.83. The second kappa shape index (κ2) is 5.69. The molecule has 1 atom stereocenters. The number of methoxy groups -OCH3 is 1. The molecular formula is C14H18N4O3S. The lowest BCUT2D eigenvalue weighted by Gasteiger charge is -2.18. The minimum Gasteiger partial charge on any atom is -0.495 e. The SMILES string of the molecule is COc1ccc(C)cc1S(=O)(=O)N1CCC(n2nccn2)C1. The average molecular weight is 322 g/mol. The molecule has 118 valence electrons. The van der Waals surface area contributed by atoms with Crippen LogP contribution in [0.5, 0.6) is 5.75 Å². The molecule has 0 N–H and O–H groups in total. The number of benzene rings is 1. The molecule has 3 rings (SSSR count). The van der Waals surface area contributed by atoms with Crippen molar-refractivity contribution in [2.24, 2.45) is 0 Å². The molecule has 7 nitrogen and oxygen atoms in total. The van der Waals surface area contributed by atoms with Crippen molar-refractivity contribution in [3.8, 4) is 5.75 Å². The fourth-order valence-corrected chi connectivity index (χ4v) is 4.39. The van der Waals surface area contributed by atoms with Crippen LogP contribution < -0.4 is 4.74 Å². The number of hydrogen-bond acceptors (Lipinski definition) is 5. The fourth-order valence-electron chi connectivity index (χ4n) is 2.66. The van der Waals surface area contributed by atoms with E-state index in [1.165, 1.54) is 11.4 Å². The Hall–Kier alpha value is -1.93. The number of ether oxygens (including phenoxy) is 1. The monoisotopic (exact) mass is 322 g/mol. The summed E-state index contributed by atoms with van der Waals surface area (Å²) >= 11 is 0. The van der Waals surface area contributed by atoms with Gasteiger partial charge in [0.15, 0.2) is 0 Å². The number of nitrogens with zero attached hydrogens (tertiary/aromatic N) is 4. The largest absolute Gasteiger partial charge is 0.495 e. The lowest BCUT2D eigenvalue weighted by atomic mass is 10.2. The first-order valence-electron chi connectivity index (χ1n) is 7.03. The highest BCUT2D eigenvalue weighted by atomic mass is 32.2. The van der Waals surface area contributed by atoms with Crippen LogP contribution >= 0.6 is 0 Å². The van der Waals surface area contributed by atoms with Crippen LogP contribution in [0, 0.1) is 6.92 Å². The Morgan fingerprint density at radius 2 is 2.00 bits per heavy atom. The minimum absolute atomic E-state index is 0.0272. The van der Waals surface area contributed by atoms with E-state index in [9.17, 15) is 8.42 Å². The predicted octanol–water partition coefficient (Wildman–Crippen LogP) is 1.23. The van der Waals surface area contributed by atoms with Gasteiger partial charge in [-0.15, -0.1) is 0 Å². The number of aromatic nitrogens is 3. The van der Waals surface area contributed by atoms with Gasteiger partial charge in [0.1, 0.15) is 10.6 Å². The van der Waals surface area contributed by atoms with Gasteiger partial charge in [-0.3, -0.25) is 0 Å². The Kier molecular flexibility index (Phi) is 3.88. The van der Waals surface area contributed by atoms with Gasteiger partial charge in [0, 0.05) is 13.1 Å². The zero-order valence-corrected chi connectivity index (χ0v) is 13.3. The maximum Gasteiger partial charge on any atom is 0.246 e.